The highest BCUT2D eigenvalue weighted by Gasteiger charge is 2.27. The molecule has 6 nitrogen and oxygen atoms in total. The van der Waals surface area contributed by atoms with E-state index in [1.165, 1.54) is 43.2 Å². The third-order valence-electron chi connectivity index (χ3n) is 5.97. The smallest absolute Gasteiger partial charge is 0.264 e. The summed E-state index contributed by atoms with van der Waals surface area (Å²) in [4.78, 5) is 15.4. The predicted molar refractivity (Wildman–Crippen MR) is 140 cm³/mol. The molecular formula is C26H27Cl2N3O3S. The van der Waals surface area contributed by atoms with Crippen LogP contribution in [0.3, 0.4) is 0 Å². The number of halogens is 2. The van der Waals surface area contributed by atoms with E-state index in [9.17, 15) is 13.2 Å². The first kappa shape index (κ1) is 25.5. The molecule has 0 aliphatic carbocycles. The van der Waals surface area contributed by atoms with Crippen LogP contribution < -0.4 is 9.62 Å². The number of amides is 1. The van der Waals surface area contributed by atoms with Crippen LogP contribution in [-0.4, -0.2) is 38.9 Å². The number of hydrogen-bond donors (Lipinski definition) is 1. The van der Waals surface area contributed by atoms with E-state index in [1.807, 2.05) is 18.2 Å². The number of benzene rings is 3. The van der Waals surface area contributed by atoms with Crippen molar-refractivity contribution in [1.29, 1.82) is 0 Å². The maximum absolute atomic E-state index is 13.5. The fraction of sp³-hybridized carbons (Fsp3) is 0.269. The highest BCUT2D eigenvalue weighted by molar-refractivity contribution is 7.92. The number of nitrogens with one attached hydrogen (secondary N) is 1. The van der Waals surface area contributed by atoms with Gasteiger partial charge >= 0.3 is 0 Å². The van der Waals surface area contributed by atoms with Gasteiger partial charge in [0.15, 0.2) is 0 Å². The molecule has 1 N–H and O–H groups in total. The second-order valence-electron chi connectivity index (χ2n) is 8.47. The third-order valence-corrected chi connectivity index (χ3v) is 8.25. The van der Waals surface area contributed by atoms with E-state index < -0.39 is 15.9 Å². The molecule has 1 fully saturated rings. The van der Waals surface area contributed by atoms with E-state index in [0.717, 1.165) is 35.1 Å². The van der Waals surface area contributed by atoms with Crippen LogP contribution in [0.4, 0.5) is 5.69 Å². The molecule has 0 atom stereocenters. The van der Waals surface area contributed by atoms with Gasteiger partial charge in [-0.15, -0.1) is 0 Å². The Labute approximate surface area is 216 Å². The fourth-order valence-electron chi connectivity index (χ4n) is 4.13. The summed E-state index contributed by atoms with van der Waals surface area (Å²) in [5, 5.41) is 3.68. The van der Waals surface area contributed by atoms with E-state index >= 15 is 0 Å². The van der Waals surface area contributed by atoms with Gasteiger partial charge in [-0.3, -0.25) is 14.0 Å². The molecule has 9 heteroatoms. The Bertz CT molecular complexity index is 1280. The quantitative estimate of drug-likeness (QED) is 0.417. The van der Waals surface area contributed by atoms with Crippen molar-refractivity contribution in [1.82, 2.24) is 10.2 Å². The lowest BCUT2D eigenvalue weighted by molar-refractivity contribution is -0.119. The van der Waals surface area contributed by atoms with Crippen molar-refractivity contribution in [3.8, 4) is 0 Å². The lowest BCUT2D eigenvalue weighted by atomic mass is 10.1. The van der Waals surface area contributed by atoms with Crippen LogP contribution in [0.1, 0.15) is 24.0 Å². The normalized spacial score (nSPS) is 14.1. The van der Waals surface area contributed by atoms with Gasteiger partial charge < -0.3 is 5.32 Å². The highest BCUT2D eigenvalue weighted by atomic mass is 35.5. The molecule has 1 aliphatic heterocycles. The summed E-state index contributed by atoms with van der Waals surface area (Å²) in [5.41, 5.74) is 2.48. The molecule has 3 aromatic carbocycles. The number of rotatable bonds is 9. The fourth-order valence-corrected chi connectivity index (χ4v) is 5.85. The summed E-state index contributed by atoms with van der Waals surface area (Å²) in [7, 11) is -4.04. The van der Waals surface area contributed by atoms with Crippen molar-refractivity contribution in [2.24, 2.45) is 0 Å². The van der Waals surface area contributed by atoms with Crippen LogP contribution >= 0.6 is 23.2 Å². The number of carbonyl (C=O) groups excluding carboxylic acids is 1. The Morgan fingerprint density at radius 2 is 1.57 bits per heavy atom. The van der Waals surface area contributed by atoms with Crippen LogP contribution in [0.25, 0.3) is 0 Å². The van der Waals surface area contributed by atoms with Crippen LogP contribution in [0.5, 0.6) is 0 Å². The van der Waals surface area contributed by atoms with Crippen LogP contribution in [0, 0.1) is 0 Å². The molecule has 1 aliphatic rings. The van der Waals surface area contributed by atoms with Crippen molar-refractivity contribution < 1.29 is 13.2 Å². The van der Waals surface area contributed by atoms with E-state index in [0.29, 0.717) is 22.3 Å². The predicted octanol–water partition coefficient (Wildman–Crippen LogP) is 5.10. The minimum absolute atomic E-state index is 0.0330. The SMILES string of the molecule is O=C(CN(c1cccc(Cl)c1)S(=O)(=O)c1ccc(Cl)cc1)NCc1ccccc1CN1CCCC1. The summed E-state index contributed by atoms with van der Waals surface area (Å²) in [5.74, 6) is -0.418. The van der Waals surface area contributed by atoms with Crippen LogP contribution in [-0.2, 0) is 27.9 Å². The zero-order chi connectivity index (χ0) is 24.8. The average molecular weight is 532 g/mol. The largest absolute Gasteiger partial charge is 0.350 e. The second kappa shape index (κ2) is 11.4. The van der Waals surface area contributed by atoms with Gasteiger partial charge in [0.1, 0.15) is 6.54 Å². The Morgan fingerprint density at radius 1 is 0.886 bits per heavy atom. The maximum Gasteiger partial charge on any atom is 0.264 e. The van der Waals surface area contributed by atoms with E-state index in [-0.39, 0.29) is 11.4 Å². The zero-order valence-corrected chi connectivity index (χ0v) is 21.5. The minimum Gasteiger partial charge on any atom is -0.350 e. The second-order valence-corrected chi connectivity index (χ2v) is 11.2. The molecule has 1 saturated heterocycles. The van der Waals surface area contributed by atoms with E-state index in [4.69, 9.17) is 23.2 Å². The lowest BCUT2D eigenvalue weighted by Crippen LogP contribution is -2.40. The summed E-state index contributed by atoms with van der Waals surface area (Å²) < 4.78 is 28.0. The molecule has 3 aromatic rings. The van der Waals surface area contributed by atoms with Gasteiger partial charge in [0, 0.05) is 23.1 Å². The number of hydrogen-bond acceptors (Lipinski definition) is 4. The minimum atomic E-state index is -4.04. The number of nitrogens with zero attached hydrogens (tertiary/aromatic N) is 2. The van der Waals surface area contributed by atoms with Gasteiger partial charge in [0.25, 0.3) is 10.0 Å². The Kier molecular flexibility index (Phi) is 8.34. The van der Waals surface area contributed by atoms with Crippen molar-refractivity contribution in [3.63, 3.8) is 0 Å². The van der Waals surface area contributed by atoms with Gasteiger partial charge in [-0.25, -0.2) is 8.42 Å². The van der Waals surface area contributed by atoms with Gasteiger partial charge in [-0.1, -0.05) is 53.5 Å². The lowest BCUT2D eigenvalue weighted by Gasteiger charge is -2.24. The molecule has 1 heterocycles. The molecule has 0 unspecified atom stereocenters. The Balaban J connectivity index is 1.52. The number of sulfonamides is 1. The highest BCUT2D eigenvalue weighted by Crippen LogP contribution is 2.27. The Hall–Kier alpha value is -2.58. The van der Waals surface area contributed by atoms with Gasteiger partial charge in [0.05, 0.1) is 10.6 Å². The van der Waals surface area contributed by atoms with Crippen molar-refractivity contribution >= 4 is 44.8 Å². The molecule has 1 amide bonds. The third kappa shape index (κ3) is 6.55. The summed E-state index contributed by atoms with van der Waals surface area (Å²) in [6.07, 6.45) is 2.42. The first-order chi connectivity index (χ1) is 16.8. The molecule has 4 rings (SSSR count). The first-order valence-corrected chi connectivity index (χ1v) is 13.6. The number of anilines is 1. The maximum atomic E-state index is 13.5. The topological polar surface area (TPSA) is 69.7 Å². The zero-order valence-electron chi connectivity index (χ0n) is 19.2. The van der Waals surface area contributed by atoms with Gasteiger partial charge in [-0.05, 0) is 79.5 Å². The Morgan fingerprint density at radius 3 is 2.26 bits per heavy atom. The van der Waals surface area contributed by atoms with Gasteiger partial charge in [-0.2, -0.15) is 0 Å². The average Bonchev–Trinajstić information content (AvgIpc) is 3.35. The molecule has 184 valence electrons. The molecule has 0 spiro atoms. The van der Waals surface area contributed by atoms with Crippen molar-refractivity contribution in [3.05, 3.63) is 94.0 Å². The monoisotopic (exact) mass is 531 g/mol. The first-order valence-electron chi connectivity index (χ1n) is 11.4. The molecule has 0 aromatic heterocycles. The summed E-state index contributed by atoms with van der Waals surface area (Å²) in [6.45, 7) is 2.92. The number of carbonyl (C=O) groups is 1. The van der Waals surface area contributed by atoms with Crippen molar-refractivity contribution in [2.75, 3.05) is 23.9 Å². The summed E-state index contributed by atoms with van der Waals surface area (Å²) >= 11 is 12.1. The standard InChI is InChI=1S/C26H27Cl2N3O3S/c27-22-10-12-25(13-11-22)35(33,34)31(24-9-5-8-23(28)16-24)19-26(32)29-17-20-6-1-2-7-21(20)18-30-14-3-4-15-30/h1-2,5-13,16H,3-4,14-15,17-19H2,(H,29,32). The number of likely N-dealkylation sites (tertiary alicyclic amines) is 1. The van der Waals surface area contributed by atoms with E-state index in [2.05, 4.69) is 16.3 Å². The molecule has 35 heavy (non-hydrogen) atoms. The molecule has 0 radical (unpaired) electrons. The summed E-state index contributed by atoms with van der Waals surface area (Å²) in [6, 6.07) is 20.3. The molecule has 0 bridgehead atoms. The van der Waals surface area contributed by atoms with Crippen molar-refractivity contribution in [2.45, 2.75) is 30.8 Å². The van der Waals surface area contributed by atoms with Gasteiger partial charge in [0.2, 0.25) is 5.91 Å². The molecular weight excluding hydrogens is 505 g/mol. The molecule has 0 saturated carbocycles. The van der Waals surface area contributed by atoms with Crippen LogP contribution in [0.15, 0.2) is 77.7 Å². The van der Waals surface area contributed by atoms with E-state index in [1.54, 1.807) is 18.2 Å². The van der Waals surface area contributed by atoms with Crippen LogP contribution in [0.2, 0.25) is 10.0 Å².